The third-order valence-electron chi connectivity index (χ3n) is 10.3. The van der Waals surface area contributed by atoms with Crippen LogP contribution < -0.4 is 0 Å². The van der Waals surface area contributed by atoms with Crippen LogP contribution in [0.5, 0.6) is 0 Å². The lowest BCUT2D eigenvalue weighted by molar-refractivity contribution is -0.168. The number of hydrogen-bond donors (Lipinski definition) is 2. The lowest BCUT2D eigenvalue weighted by Gasteiger charge is -2.62. The number of aliphatic hydroxyl groups excluding tert-OH is 1. The van der Waals surface area contributed by atoms with Crippen LogP contribution in [-0.2, 0) is 4.79 Å². The van der Waals surface area contributed by atoms with Crippen molar-refractivity contribution >= 4 is 5.97 Å². The first-order valence-electron chi connectivity index (χ1n) is 11.7. The highest BCUT2D eigenvalue weighted by Crippen LogP contribution is 2.68. The van der Waals surface area contributed by atoms with Crippen molar-refractivity contribution in [1.82, 2.24) is 0 Å². The van der Waals surface area contributed by atoms with Gasteiger partial charge in [-0.15, -0.1) is 0 Å². The van der Waals surface area contributed by atoms with Crippen molar-refractivity contribution in [3.8, 4) is 0 Å². The van der Waals surface area contributed by atoms with E-state index in [1.807, 2.05) is 0 Å². The number of carboxylic acids is 1. The minimum absolute atomic E-state index is 0.00303. The zero-order valence-electron chi connectivity index (χ0n) is 17.6. The van der Waals surface area contributed by atoms with Gasteiger partial charge in [-0.05, 0) is 97.7 Å². The van der Waals surface area contributed by atoms with E-state index >= 15 is 0 Å². The van der Waals surface area contributed by atoms with E-state index in [2.05, 4.69) is 20.8 Å². The van der Waals surface area contributed by atoms with Gasteiger partial charge in [0, 0.05) is 6.42 Å². The first-order valence-corrected chi connectivity index (χ1v) is 11.7. The standard InChI is InChI=1S/C24H40O3/c1-15(7-12-22(26)27)18-10-11-19-17-9-8-16-6-4-5-13-23(16,2)20(17)14-21(25)24(18,19)3/h15-21,25H,4-14H2,1-3H3,(H,26,27)/t15-,16+,17+,18?,19+,20+,21+,23+,24-/m1/s1. The summed E-state index contributed by atoms with van der Waals surface area (Å²) in [6.45, 7) is 7.16. The molecule has 3 nitrogen and oxygen atoms in total. The van der Waals surface area contributed by atoms with Crippen molar-refractivity contribution in [2.24, 2.45) is 46.3 Å². The van der Waals surface area contributed by atoms with E-state index in [1.165, 1.54) is 51.4 Å². The molecule has 154 valence electrons. The summed E-state index contributed by atoms with van der Waals surface area (Å²) in [6.07, 6.45) is 12.6. The third-order valence-corrected chi connectivity index (χ3v) is 10.3. The van der Waals surface area contributed by atoms with Gasteiger partial charge in [-0.3, -0.25) is 4.79 Å². The minimum atomic E-state index is -0.686. The van der Waals surface area contributed by atoms with Crippen LogP contribution in [0.1, 0.15) is 91.4 Å². The van der Waals surface area contributed by atoms with Gasteiger partial charge in [0.05, 0.1) is 6.10 Å². The molecule has 0 saturated heterocycles. The van der Waals surface area contributed by atoms with E-state index in [9.17, 15) is 9.90 Å². The molecule has 4 saturated carbocycles. The second-order valence-electron chi connectivity index (χ2n) is 11.1. The Bertz CT molecular complexity index is 574. The van der Waals surface area contributed by atoms with Crippen LogP contribution in [-0.4, -0.2) is 22.3 Å². The SMILES string of the molecule is C[C@H](CCC(=O)O)C1CC[C@H]2[C@@H]3CC[C@@H]4CCCC[C@]4(C)[C@H]3C[C@H](O)[C@]12C. The Balaban J connectivity index is 1.57. The van der Waals surface area contributed by atoms with Crippen LogP contribution >= 0.6 is 0 Å². The van der Waals surface area contributed by atoms with Crippen molar-refractivity contribution in [2.75, 3.05) is 0 Å². The van der Waals surface area contributed by atoms with Gasteiger partial charge in [0.25, 0.3) is 0 Å². The number of rotatable bonds is 4. The monoisotopic (exact) mass is 376 g/mol. The van der Waals surface area contributed by atoms with Crippen LogP contribution in [0.4, 0.5) is 0 Å². The Kier molecular flexibility index (Phi) is 5.15. The van der Waals surface area contributed by atoms with Gasteiger partial charge < -0.3 is 10.2 Å². The molecular weight excluding hydrogens is 336 g/mol. The summed E-state index contributed by atoms with van der Waals surface area (Å²) in [7, 11) is 0. The lowest BCUT2D eigenvalue weighted by atomic mass is 9.44. The number of aliphatic carboxylic acids is 1. The number of fused-ring (bicyclic) bond motifs is 5. The highest BCUT2D eigenvalue weighted by Gasteiger charge is 2.63. The summed E-state index contributed by atoms with van der Waals surface area (Å²) in [5, 5.41) is 20.6. The molecule has 0 radical (unpaired) electrons. The second-order valence-corrected chi connectivity index (χ2v) is 11.1. The number of carbonyl (C=O) groups is 1. The predicted molar refractivity (Wildman–Crippen MR) is 107 cm³/mol. The lowest BCUT2D eigenvalue weighted by Crippen LogP contribution is -2.58. The molecule has 4 aliphatic carbocycles. The highest BCUT2D eigenvalue weighted by molar-refractivity contribution is 5.66. The zero-order chi connectivity index (χ0) is 19.4. The molecule has 0 aromatic carbocycles. The molecule has 3 heteroatoms. The fraction of sp³-hybridized carbons (Fsp3) is 0.958. The van der Waals surface area contributed by atoms with Crippen molar-refractivity contribution in [1.29, 1.82) is 0 Å². The Morgan fingerprint density at radius 3 is 2.59 bits per heavy atom. The first kappa shape index (κ1) is 19.7. The van der Waals surface area contributed by atoms with Crippen molar-refractivity contribution < 1.29 is 15.0 Å². The van der Waals surface area contributed by atoms with E-state index in [1.54, 1.807) is 0 Å². The molecule has 0 amide bonds. The van der Waals surface area contributed by atoms with Crippen LogP contribution in [0.25, 0.3) is 0 Å². The fourth-order valence-electron chi connectivity index (χ4n) is 8.77. The number of hydrogen-bond acceptors (Lipinski definition) is 2. The minimum Gasteiger partial charge on any atom is -0.481 e. The molecule has 0 aromatic rings. The molecule has 4 fully saturated rings. The van der Waals surface area contributed by atoms with Gasteiger partial charge >= 0.3 is 5.97 Å². The summed E-state index contributed by atoms with van der Waals surface area (Å²) in [4.78, 5) is 11.1. The summed E-state index contributed by atoms with van der Waals surface area (Å²) < 4.78 is 0. The molecule has 0 spiro atoms. The average molecular weight is 377 g/mol. The summed E-state index contributed by atoms with van der Waals surface area (Å²) in [6, 6.07) is 0. The van der Waals surface area contributed by atoms with E-state index in [0.717, 1.165) is 24.7 Å². The molecule has 0 aliphatic heterocycles. The van der Waals surface area contributed by atoms with Crippen LogP contribution in [0.2, 0.25) is 0 Å². The third kappa shape index (κ3) is 2.98. The van der Waals surface area contributed by atoms with Gasteiger partial charge in [-0.25, -0.2) is 0 Å². The molecule has 2 N–H and O–H groups in total. The molecule has 0 bridgehead atoms. The van der Waals surface area contributed by atoms with Crippen molar-refractivity contribution in [2.45, 2.75) is 97.5 Å². The summed E-state index contributed by atoms with van der Waals surface area (Å²) >= 11 is 0. The molecule has 4 aliphatic rings. The van der Waals surface area contributed by atoms with Crippen LogP contribution in [0.3, 0.4) is 0 Å². The fourth-order valence-corrected chi connectivity index (χ4v) is 8.77. The van der Waals surface area contributed by atoms with E-state index < -0.39 is 5.97 Å². The highest BCUT2D eigenvalue weighted by atomic mass is 16.4. The van der Waals surface area contributed by atoms with Gasteiger partial charge in [0.2, 0.25) is 0 Å². The zero-order valence-corrected chi connectivity index (χ0v) is 17.6. The first-order chi connectivity index (χ1) is 12.8. The Morgan fingerprint density at radius 2 is 1.85 bits per heavy atom. The van der Waals surface area contributed by atoms with Gasteiger partial charge in [-0.1, -0.05) is 33.6 Å². The summed E-state index contributed by atoms with van der Waals surface area (Å²) in [5.74, 6) is 3.21. The number of aliphatic hydroxyl groups is 1. The second kappa shape index (κ2) is 7.04. The molecule has 4 rings (SSSR count). The van der Waals surface area contributed by atoms with E-state index in [0.29, 0.717) is 29.1 Å². The predicted octanol–water partition coefficient (Wildman–Crippen LogP) is 5.51. The van der Waals surface area contributed by atoms with Gasteiger partial charge in [0.15, 0.2) is 0 Å². The molecule has 0 aromatic heterocycles. The maximum Gasteiger partial charge on any atom is 0.303 e. The maximum absolute atomic E-state index is 11.5. The quantitative estimate of drug-likeness (QED) is 0.680. The van der Waals surface area contributed by atoms with E-state index in [-0.39, 0.29) is 17.9 Å². The van der Waals surface area contributed by atoms with Crippen molar-refractivity contribution in [3.63, 3.8) is 0 Å². The topological polar surface area (TPSA) is 57.5 Å². The largest absolute Gasteiger partial charge is 0.481 e. The Morgan fingerprint density at radius 1 is 1.07 bits per heavy atom. The normalized spacial score (nSPS) is 50.4. The molecule has 27 heavy (non-hydrogen) atoms. The van der Waals surface area contributed by atoms with E-state index in [4.69, 9.17) is 5.11 Å². The van der Waals surface area contributed by atoms with Gasteiger partial charge in [0.1, 0.15) is 0 Å². The number of carboxylic acid groups (broad SMARTS) is 1. The molecule has 9 atom stereocenters. The van der Waals surface area contributed by atoms with Gasteiger partial charge in [-0.2, -0.15) is 0 Å². The van der Waals surface area contributed by atoms with Crippen LogP contribution in [0.15, 0.2) is 0 Å². The maximum atomic E-state index is 11.5. The summed E-state index contributed by atoms with van der Waals surface area (Å²) in [5.41, 5.74) is 0.452. The average Bonchev–Trinajstić information content (AvgIpc) is 2.99. The Labute approximate surface area is 165 Å². The Hall–Kier alpha value is -0.570. The smallest absolute Gasteiger partial charge is 0.303 e. The molecular formula is C24H40O3. The molecule has 1 unspecified atom stereocenters. The molecule has 0 heterocycles. The van der Waals surface area contributed by atoms with Crippen molar-refractivity contribution in [3.05, 3.63) is 0 Å². The van der Waals surface area contributed by atoms with Crippen LogP contribution in [0, 0.1) is 46.3 Å².